The summed E-state index contributed by atoms with van der Waals surface area (Å²) in [4.78, 5) is 25.8. The Morgan fingerprint density at radius 3 is 2.17 bits per heavy atom. The molecule has 0 aliphatic rings. The maximum absolute atomic E-state index is 12.0. The van der Waals surface area contributed by atoms with Gasteiger partial charge in [-0.15, -0.1) is 11.3 Å². The van der Waals surface area contributed by atoms with Crippen molar-refractivity contribution in [1.82, 2.24) is 5.32 Å². The van der Waals surface area contributed by atoms with Crippen molar-refractivity contribution in [2.75, 3.05) is 26.1 Å². The molecule has 2 rings (SSSR count). The molecule has 1 heterocycles. The van der Waals surface area contributed by atoms with Crippen molar-refractivity contribution in [1.29, 1.82) is 0 Å². The van der Waals surface area contributed by atoms with Crippen LogP contribution >= 0.6 is 11.3 Å². The van der Waals surface area contributed by atoms with Crippen LogP contribution < -0.4 is 20.1 Å². The molecule has 6 nitrogen and oxygen atoms in total. The second-order valence-electron chi connectivity index (χ2n) is 5.18. The van der Waals surface area contributed by atoms with Gasteiger partial charge in [0.15, 0.2) is 0 Å². The molecule has 0 spiro atoms. The molecule has 0 radical (unpaired) electrons. The first-order valence-electron chi connectivity index (χ1n) is 7.31. The number of anilines is 1. The first-order chi connectivity index (χ1) is 11.4. The van der Waals surface area contributed by atoms with Crippen molar-refractivity contribution < 1.29 is 19.1 Å². The van der Waals surface area contributed by atoms with Crippen LogP contribution in [0, 0.1) is 13.8 Å². The van der Waals surface area contributed by atoms with Crippen molar-refractivity contribution in [3.8, 4) is 11.5 Å². The fourth-order valence-corrected chi connectivity index (χ4v) is 2.97. The van der Waals surface area contributed by atoms with E-state index in [2.05, 4.69) is 10.6 Å². The summed E-state index contributed by atoms with van der Waals surface area (Å²) >= 11 is 1.41. The minimum absolute atomic E-state index is 0.117. The van der Waals surface area contributed by atoms with Crippen LogP contribution in [0.4, 0.5) is 5.69 Å². The van der Waals surface area contributed by atoms with Crippen LogP contribution in [0.25, 0.3) is 0 Å². The summed E-state index contributed by atoms with van der Waals surface area (Å²) in [5.74, 6) is 0.551. The summed E-state index contributed by atoms with van der Waals surface area (Å²) in [5, 5.41) is 5.32. The smallest absolute Gasteiger partial charge is 0.261 e. The Morgan fingerprint density at radius 1 is 1.04 bits per heavy atom. The number of nitrogens with one attached hydrogen (secondary N) is 2. The summed E-state index contributed by atoms with van der Waals surface area (Å²) in [6.45, 7) is 3.79. The Bertz CT molecular complexity index is 713. The molecule has 1 aromatic heterocycles. The molecule has 24 heavy (non-hydrogen) atoms. The lowest BCUT2D eigenvalue weighted by atomic mass is 10.2. The fourth-order valence-electron chi connectivity index (χ4n) is 2.02. The van der Waals surface area contributed by atoms with Crippen molar-refractivity contribution >= 4 is 28.8 Å². The van der Waals surface area contributed by atoms with Gasteiger partial charge in [-0.05, 0) is 25.5 Å². The number of thiophene rings is 1. The summed E-state index contributed by atoms with van der Waals surface area (Å²) in [5.41, 5.74) is 1.60. The van der Waals surface area contributed by atoms with E-state index in [0.717, 1.165) is 10.4 Å². The van der Waals surface area contributed by atoms with E-state index in [1.807, 2.05) is 19.9 Å². The molecule has 0 saturated heterocycles. The van der Waals surface area contributed by atoms with Crippen LogP contribution in [-0.2, 0) is 4.79 Å². The van der Waals surface area contributed by atoms with Crippen molar-refractivity contribution in [2.45, 2.75) is 13.8 Å². The lowest BCUT2D eigenvalue weighted by molar-refractivity contribution is -0.115. The van der Waals surface area contributed by atoms with E-state index in [4.69, 9.17) is 9.47 Å². The van der Waals surface area contributed by atoms with E-state index in [9.17, 15) is 9.59 Å². The van der Waals surface area contributed by atoms with Gasteiger partial charge in [0, 0.05) is 28.8 Å². The van der Waals surface area contributed by atoms with Gasteiger partial charge in [-0.1, -0.05) is 0 Å². The molecule has 0 aliphatic carbocycles. The number of methoxy groups -OCH3 is 2. The Balaban J connectivity index is 1.94. The molecule has 0 bridgehead atoms. The molecule has 0 aliphatic heterocycles. The quantitative estimate of drug-likeness (QED) is 0.841. The van der Waals surface area contributed by atoms with Crippen molar-refractivity contribution in [3.05, 3.63) is 39.6 Å². The molecule has 0 fully saturated rings. The molecular weight excluding hydrogens is 328 g/mol. The largest absolute Gasteiger partial charge is 0.497 e. The van der Waals surface area contributed by atoms with Crippen molar-refractivity contribution in [3.63, 3.8) is 0 Å². The van der Waals surface area contributed by atoms with Gasteiger partial charge in [0.2, 0.25) is 5.91 Å². The first-order valence-corrected chi connectivity index (χ1v) is 8.12. The van der Waals surface area contributed by atoms with E-state index < -0.39 is 0 Å². The molecule has 0 saturated carbocycles. The van der Waals surface area contributed by atoms with E-state index in [-0.39, 0.29) is 18.4 Å². The fraction of sp³-hybridized carbons (Fsp3) is 0.294. The standard InChI is InChI=1S/C17H20N2O4S/c1-10-5-15(24-11(10)2)17(21)18-9-16(20)19-12-6-13(22-3)8-14(7-12)23-4/h5-8H,9H2,1-4H3,(H,18,21)(H,19,20). The van der Waals surface area contributed by atoms with Crippen LogP contribution in [0.1, 0.15) is 20.1 Å². The third kappa shape index (κ3) is 4.48. The maximum atomic E-state index is 12.0. The highest BCUT2D eigenvalue weighted by Gasteiger charge is 2.12. The topological polar surface area (TPSA) is 76.7 Å². The highest BCUT2D eigenvalue weighted by Crippen LogP contribution is 2.25. The summed E-state index contributed by atoms with van der Waals surface area (Å²) in [7, 11) is 3.07. The minimum atomic E-state index is -0.330. The van der Waals surface area contributed by atoms with E-state index in [1.54, 1.807) is 18.2 Å². The van der Waals surface area contributed by atoms with Gasteiger partial charge in [0.1, 0.15) is 11.5 Å². The van der Waals surface area contributed by atoms with Crippen LogP contribution in [-0.4, -0.2) is 32.6 Å². The SMILES string of the molecule is COc1cc(NC(=O)CNC(=O)c2cc(C)c(C)s2)cc(OC)c1. The van der Waals surface area contributed by atoms with Gasteiger partial charge in [-0.25, -0.2) is 0 Å². The number of aryl methyl sites for hydroxylation is 2. The lowest BCUT2D eigenvalue weighted by Gasteiger charge is -2.10. The van der Waals surface area contributed by atoms with E-state index in [1.165, 1.54) is 25.6 Å². The van der Waals surface area contributed by atoms with Crippen LogP contribution in [0.5, 0.6) is 11.5 Å². The average molecular weight is 348 g/mol. The Morgan fingerprint density at radius 2 is 1.67 bits per heavy atom. The van der Waals surface area contributed by atoms with Gasteiger partial charge in [-0.2, -0.15) is 0 Å². The number of carbonyl (C=O) groups is 2. The average Bonchev–Trinajstić information content (AvgIpc) is 2.91. The number of ether oxygens (including phenoxy) is 2. The second kappa shape index (κ2) is 7.83. The Hall–Kier alpha value is -2.54. The van der Waals surface area contributed by atoms with Crippen LogP contribution in [0.2, 0.25) is 0 Å². The normalized spacial score (nSPS) is 10.2. The molecule has 2 amide bonds. The number of hydrogen-bond acceptors (Lipinski definition) is 5. The maximum Gasteiger partial charge on any atom is 0.261 e. The molecule has 1 aromatic carbocycles. The van der Waals surface area contributed by atoms with Crippen LogP contribution in [0.15, 0.2) is 24.3 Å². The summed E-state index contributed by atoms with van der Waals surface area (Å²) < 4.78 is 10.3. The molecule has 0 atom stereocenters. The third-order valence-corrected chi connectivity index (χ3v) is 4.59. The second-order valence-corrected chi connectivity index (χ2v) is 6.44. The van der Waals surface area contributed by atoms with Gasteiger partial charge in [0.05, 0.1) is 25.6 Å². The lowest BCUT2D eigenvalue weighted by Crippen LogP contribution is -2.32. The number of benzene rings is 1. The molecule has 7 heteroatoms. The highest BCUT2D eigenvalue weighted by atomic mass is 32.1. The Labute approximate surface area is 144 Å². The zero-order valence-corrected chi connectivity index (χ0v) is 14.9. The predicted octanol–water partition coefficient (Wildman–Crippen LogP) is 2.75. The molecule has 128 valence electrons. The van der Waals surface area contributed by atoms with E-state index in [0.29, 0.717) is 22.1 Å². The first kappa shape index (κ1) is 17.8. The molecular formula is C17H20N2O4S. The van der Waals surface area contributed by atoms with Gasteiger partial charge >= 0.3 is 0 Å². The predicted molar refractivity (Wildman–Crippen MR) is 94.3 cm³/mol. The number of amides is 2. The summed E-state index contributed by atoms with van der Waals surface area (Å²) in [6, 6.07) is 6.88. The van der Waals surface area contributed by atoms with E-state index >= 15 is 0 Å². The monoisotopic (exact) mass is 348 g/mol. The minimum Gasteiger partial charge on any atom is -0.497 e. The molecule has 2 N–H and O–H groups in total. The third-order valence-electron chi connectivity index (χ3n) is 3.43. The van der Waals surface area contributed by atoms with Gasteiger partial charge < -0.3 is 20.1 Å². The molecule has 2 aromatic rings. The van der Waals surface area contributed by atoms with Crippen LogP contribution in [0.3, 0.4) is 0 Å². The van der Waals surface area contributed by atoms with Crippen molar-refractivity contribution in [2.24, 2.45) is 0 Å². The zero-order valence-electron chi connectivity index (χ0n) is 14.1. The zero-order chi connectivity index (χ0) is 17.7. The number of carbonyl (C=O) groups excluding carboxylic acids is 2. The Kier molecular flexibility index (Phi) is 5.81. The molecule has 0 unspecified atom stereocenters. The summed E-state index contributed by atoms with van der Waals surface area (Å²) in [6.07, 6.45) is 0. The van der Waals surface area contributed by atoms with Gasteiger partial charge in [-0.3, -0.25) is 9.59 Å². The number of rotatable bonds is 6. The van der Waals surface area contributed by atoms with Gasteiger partial charge in [0.25, 0.3) is 5.91 Å². The number of hydrogen-bond donors (Lipinski definition) is 2. The highest BCUT2D eigenvalue weighted by molar-refractivity contribution is 7.14.